The van der Waals surface area contributed by atoms with Gasteiger partial charge >= 0.3 is 5.97 Å². The third-order valence-corrected chi connectivity index (χ3v) is 2.99. The molecular weight excluding hydrogens is 272 g/mol. The molecule has 0 aliphatic carbocycles. The summed E-state index contributed by atoms with van der Waals surface area (Å²) < 4.78 is 0. The quantitative estimate of drug-likeness (QED) is 0.819. The summed E-state index contributed by atoms with van der Waals surface area (Å²) in [6.07, 6.45) is 1.93. The molecule has 2 N–H and O–H groups in total. The molecule has 1 heterocycles. The smallest absolute Gasteiger partial charge is 0.336 e. The molecule has 110 valence electrons. The number of Topliss-reactive ketones (excluding diaryl/α,β-unsaturated/α-hetero) is 1. The summed E-state index contributed by atoms with van der Waals surface area (Å²) in [5.41, 5.74) is 3.78. The number of carbonyl (C=O) groups excluding carboxylic acids is 3. The Balaban J connectivity index is 1.85. The maximum Gasteiger partial charge on any atom is 0.336 e. The summed E-state index contributed by atoms with van der Waals surface area (Å²) in [5, 5.41) is 0.942. The standard InChI is InChI=1S/C15H16N2O4/c1-10(18)6-7-14(19)17-21-15(20)8-11-9-16-13-5-3-2-4-12(11)13/h2-5,9,16H,6-8H2,1H3,(H,17,19). The molecule has 0 aliphatic rings. The average Bonchev–Trinajstić information content (AvgIpc) is 2.86. The third kappa shape index (κ3) is 4.17. The van der Waals surface area contributed by atoms with Gasteiger partial charge in [0, 0.05) is 29.9 Å². The fraction of sp³-hybridized carbons (Fsp3) is 0.267. The lowest BCUT2D eigenvalue weighted by molar-refractivity contribution is -0.157. The molecule has 0 radical (unpaired) electrons. The van der Waals surface area contributed by atoms with Gasteiger partial charge in [-0.15, -0.1) is 0 Å². The van der Waals surface area contributed by atoms with Gasteiger partial charge in [-0.1, -0.05) is 18.2 Å². The van der Waals surface area contributed by atoms with E-state index in [0.717, 1.165) is 16.5 Å². The SMILES string of the molecule is CC(=O)CCC(=O)NOC(=O)Cc1c[nH]c2ccccc12. The fourth-order valence-corrected chi connectivity index (χ4v) is 1.92. The van der Waals surface area contributed by atoms with Crippen LogP contribution in [0.4, 0.5) is 0 Å². The molecule has 2 aromatic rings. The lowest BCUT2D eigenvalue weighted by atomic mass is 10.1. The minimum absolute atomic E-state index is 0.00962. The van der Waals surface area contributed by atoms with Crippen molar-refractivity contribution in [3.05, 3.63) is 36.0 Å². The van der Waals surface area contributed by atoms with Crippen LogP contribution in [-0.2, 0) is 25.6 Å². The number of benzene rings is 1. The van der Waals surface area contributed by atoms with E-state index < -0.39 is 11.9 Å². The first-order valence-corrected chi connectivity index (χ1v) is 6.59. The highest BCUT2D eigenvalue weighted by Gasteiger charge is 2.11. The highest BCUT2D eigenvalue weighted by Crippen LogP contribution is 2.18. The lowest BCUT2D eigenvalue weighted by Gasteiger charge is -2.04. The first kappa shape index (κ1) is 14.8. The minimum atomic E-state index is -0.559. The Hall–Kier alpha value is -2.63. The molecule has 0 atom stereocenters. The number of fused-ring (bicyclic) bond motifs is 1. The summed E-state index contributed by atoms with van der Waals surface area (Å²) in [7, 11) is 0. The molecule has 6 heteroatoms. The first-order chi connectivity index (χ1) is 10.1. The maximum atomic E-state index is 11.7. The van der Waals surface area contributed by atoms with Gasteiger partial charge in [-0.25, -0.2) is 4.79 Å². The van der Waals surface area contributed by atoms with Gasteiger partial charge in [0.05, 0.1) is 6.42 Å². The molecule has 1 amide bonds. The van der Waals surface area contributed by atoms with Crippen molar-refractivity contribution < 1.29 is 19.2 Å². The molecule has 0 spiro atoms. The van der Waals surface area contributed by atoms with E-state index in [1.165, 1.54) is 6.92 Å². The number of H-pyrrole nitrogens is 1. The predicted molar refractivity (Wildman–Crippen MR) is 76.2 cm³/mol. The van der Waals surface area contributed by atoms with Crippen LogP contribution >= 0.6 is 0 Å². The summed E-state index contributed by atoms with van der Waals surface area (Å²) in [6.45, 7) is 1.40. The van der Waals surface area contributed by atoms with Crippen molar-refractivity contribution in [3.63, 3.8) is 0 Å². The number of para-hydroxylation sites is 1. The van der Waals surface area contributed by atoms with Crippen molar-refractivity contribution in [2.75, 3.05) is 0 Å². The normalized spacial score (nSPS) is 10.3. The van der Waals surface area contributed by atoms with Crippen molar-refractivity contribution in [1.82, 2.24) is 10.5 Å². The van der Waals surface area contributed by atoms with Crippen molar-refractivity contribution in [2.24, 2.45) is 0 Å². The number of ketones is 1. The second kappa shape index (κ2) is 6.69. The van der Waals surface area contributed by atoms with E-state index in [1.807, 2.05) is 29.7 Å². The molecule has 0 aliphatic heterocycles. The Bertz CT molecular complexity index is 675. The molecule has 6 nitrogen and oxygen atoms in total. The van der Waals surface area contributed by atoms with E-state index in [9.17, 15) is 14.4 Å². The van der Waals surface area contributed by atoms with Gasteiger partial charge in [0.1, 0.15) is 5.78 Å². The Morgan fingerprint density at radius 3 is 2.71 bits per heavy atom. The third-order valence-electron chi connectivity index (χ3n) is 2.99. The molecule has 0 bridgehead atoms. The van der Waals surface area contributed by atoms with Crippen LogP contribution < -0.4 is 5.48 Å². The molecule has 0 saturated carbocycles. The van der Waals surface area contributed by atoms with E-state index in [2.05, 4.69) is 4.98 Å². The van der Waals surface area contributed by atoms with Gasteiger partial charge in [-0.2, -0.15) is 5.48 Å². The van der Waals surface area contributed by atoms with Crippen LogP contribution in [0.15, 0.2) is 30.5 Å². The lowest BCUT2D eigenvalue weighted by Crippen LogP contribution is -2.28. The van der Waals surface area contributed by atoms with Crippen LogP contribution in [0, 0.1) is 0 Å². The van der Waals surface area contributed by atoms with Gasteiger partial charge in [0.15, 0.2) is 0 Å². The summed E-state index contributed by atoms with van der Waals surface area (Å²) >= 11 is 0. The number of amides is 1. The van der Waals surface area contributed by atoms with Crippen LogP contribution in [0.25, 0.3) is 10.9 Å². The fourth-order valence-electron chi connectivity index (χ4n) is 1.92. The molecule has 0 saturated heterocycles. The predicted octanol–water partition coefficient (Wildman–Crippen LogP) is 1.65. The molecule has 1 aromatic carbocycles. The molecular formula is C15H16N2O4. The maximum absolute atomic E-state index is 11.7. The molecule has 2 rings (SSSR count). The highest BCUT2D eigenvalue weighted by molar-refractivity contribution is 5.88. The monoisotopic (exact) mass is 288 g/mol. The van der Waals surface area contributed by atoms with Crippen LogP contribution in [-0.4, -0.2) is 22.6 Å². The number of nitrogens with one attached hydrogen (secondary N) is 2. The number of aromatic amines is 1. The number of carbonyl (C=O) groups is 3. The number of hydrogen-bond donors (Lipinski definition) is 2. The van der Waals surface area contributed by atoms with Gasteiger partial charge < -0.3 is 14.6 Å². The zero-order valence-corrected chi connectivity index (χ0v) is 11.6. The molecule has 1 aromatic heterocycles. The number of hydroxylamine groups is 1. The number of rotatable bonds is 5. The summed E-state index contributed by atoms with van der Waals surface area (Å²) in [6, 6.07) is 7.60. The van der Waals surface area contributed by atoms with Crippen molar-refractivity contribution in [1.29, 1.82) is 0 Å². The zero-order valence-electron chi connectivity index (χ0n) is 11.6. The van der Waals surface area contributed by atoms with Crippen molar-refractivity contribution >= 4 is 28.6 Å². The first-order valence-electron chi connectivity index (χ1n) is 6.59. The minimum Gasteiger partial charge on any atom is -0.361 e. The second-order valence-corrected chi connectivity index (χ2v) is 4.74. The Labute approximate surface area is 121 Å². The number of hydrogen-bond acceptors (Lipinski definition) is 4. The van der Waals surface area contributed by atoms with E-state index in [-0.39, 0.29) is 25.0 Å². The van der Waals surface area contributed by atoms with Crippen LogP contribution in [0.1, 0.15) is 25.3 Å². The van der Waals surface area contributed by atoms with E-state index in [4.69, 9.17) is 4.84 Å². The van der Waals surface area contributed by atoms with Crippen molar-refractivity contribution in [3.8, 4) is 0 Å². The molecule has 21 heavy (non-hydrogen) atoms. The number of aromatic nitrogens is 1. The van der Waals surface area contributed by atoms with E-state index >= 15 is 0 Å². The summed E-state index contributed by atoms with van der Waals surface area (Å²) in [5.74, 6) is -1.14. The molecule has 0 unspecified atom stereocenters. The van der Waals surface area contributed by atoms with E-state index in [0.29, 0.717) is 0 Å². The van der Waals surface area contributed by atoms with Crippen LogP contribution in [0.2, 0.25) is 0 Å². The van der Waals surface area contributed by atoms with E-state index in [1.54, 1.807) is 6.20 Å². The van der Waals surface area contributed by atoms with Gasteiger partial charge in [-0.3, -0.25) is 4.79 Å². The van der Waals surface area contributed by atoms with Gasteiger partial charge in [0.25, 0.3) is 5.91 Å². The van der Waals surface area contributed by atoms with Gasteiger partial charge in [0.2, 0.25) is 0 Å². The highest BCUT2D eigenvalue weighted by atomic mass is 16.7. The Kier molecular flexibility index (Phi) is 4.71. The average molecular weight is 288 g/mol. The van der Waals surface area contributed by atoms with Crippen molar-refractivity contribution in [2.45, 2.75) is 26.2 Å². The molecule has 0 fully saturated rings. The van der Waals surface area contributed by atoms with Crippen LogP contribution in [0.3, 0.4) is 0 Å². The second-order valence-electron chi connectivity index (χ2n) is 4.74. The summed E-state index contributed by atoms with van der Waals surface area (Å²) in [4.78, 5) is 41.5. The zero-order chi connectivity index (χ0) is 15.2. The Morgan fingerprint density at radius 2 is 1.95 bits per heavy atom. The largest absolute Gasteiger partial charge is 0.361 e. The van der Waals surface area contributed by atoms with Gasteiger partial charge in [-0.05, 0) is 18.6 Å². The topological polar surface area (TPSA) is 88.3 Å². The van der Waals surface area contributed by atoms with Crippen LogP contribution in [0.5, 0.6) is 0 Å². The Morgan fingerprint density at radius 1 is 1.19 bits per heavy atom.